The molecule has 21 heavy (non-hydrogen) atoms. The van der Waals surface area contributed by atoms with E-state index in [-0.39, 0.29) is 5.69 Å². The van der Waals surface area contributed by atoms with Gasteiger partial charge in [0, 0.05) is 25.0 Å². The molecule has 7 nitrogen and oxygen atoms in total. The molecule has 0 fully saturated rings. The van der Waals surface area contributed by atoms with Gasteiger partial charge in [0.25, 0.3) is 5.69 Å². The quantitative estimate of drug-likeness (QED) is 0.438. The lowest BCUT2D eigenvalue weighted by atomic mass is 10.1. The van der Waals surface area contributed by atoms with Crippen LogP contribution in [0.3, 0.4) is 0 Å². The summed E-state index contributed by atoms with van der Waals surface area (Å²) in [6, 6.07) is 6.47. The molecule has 0 amide bonds. The Morgan fingerprint density at radius 2 is 1.95 bits per heavy atom. The van der Waals surface area contributed by atoms with Gasteiger partial charge in [-0.2, -0.15) is 5.10 Å². The lowest BCUT2D eigenvalue weighted by Gasteiger charge is -1.97. The van der Waals surface area contributed by atoms with Crippen molar-refractivity contribution < 1.29 is 4.92 Å². The zero-order chi connectivity index (χ0) is 15.1. The molecular formula is C14H19N5O2. The van der Waals surface area contributed by atoms with Gasteiger partial charge in [-0.15, -0.1) is 0 Å². The van der Waals surface area contributed by atoms with Crippen LogP contribution in [-0.2, 0) is 12.8 Å². The van der Waals surface area contributed by atoms with Gasteiger partial charge in [-0.25, -0.2) is 4.98 Å². The van der Waals surface area contributed by atoms with Crippen LogP contribution in [-0.4, -0.2) is 26.6 Å². The van der Waals surface area contributed by atoms with Gasteiger partial charge in [-0.1, -0.05) is 18.6 Å². The van der Waals surface area contributed by atoms with E-state index in [9.17, 15) is 10.1 Å². The van der Waals surface area contributed by atoms with Crippen LogP contribution in [0, 0.1) is 10.1 Å². The molecule has 1 aromatic heterocycles. The third-order valence-corrected chi connectivity index (χ3v) is 3.20. The molecule has 2 aromatic rings. The van der Waals surface area contributed by atoms with E-state index in [1.165, 1.54) is 12.1 Å². The van der Waals surface area contributed by atoms with E-state index in [4.69, 9.17) is 5.73 Å². The SMILES string of the molecule is NCCCCCc1n[nH]c(Cc2ccc([N+](=O)[O-])cc2)n1. The number of nitro benzene ring substituents is 1. The highest BCUT2D eigenvalue weighted by molar-refractivity contribution is 5.33. The van der Waals surface area contributed by atoms with Gasteiger partial charge in [0.15, 0.2) is 5.82 Å². The van der Waals surface area contributed by atoms with E-state index >= 15 is 0 Å². The molecule has 1 heterocycles. The number of nitrogens with zero attached hydrogens (tertiary/aromatic N) is 3. The van der Waals surface area contributed by atoms with E-state index in [0.29, 0.717) is 6.42 Å². The first-order valence-corrected chi connectivity index (χ1v) is 7.02. The van der Waals surface area contributed by atoms with Gasteiger partial charge in [-0.05, 0) is 24.9 Å². The average Bonchev–Trinajstić information content (AvgIpc) is 2.92. The first-order chi connectivity index (χ1) is 10.2. The Balaban J connectivity index is 1.88. The van der Waals surface area contributed by atoms with Crippen molar-refractivity contribution in [2.75, 3.05) is 6.54 Å². The predicted molar refractivity (Wildman–Crippen MR) is 78.9 cm³/mol. The number of rotatable bonds is 8. The van der Waals surface area contributed by atoms with Crippen LogP contribution in [0.4, 0.5) is 5.69 Å². The molecule has 3 N–H and O–H groups in total. The fourth-order valence-electron chi connectivity index (χ4n) is 2.06. The van der Waals surface area contributed by atoms with E-state index in [1.54, 1.807) is 12.1 Å². The molecule has 0 saturated carbocycles. The van der Waals surface area contributed by atoms with Crippen LogP contribution in [0.1, 0.15) is 36.5 Å². The molecule has 0 bridgehead atoms. The molecule has 112 valence electrons. The number of aryl methyl sites for hydroxylation is 1. The maximum absolute atomic E-state index is 10.6. The monoisotopic (exact) mass is 289 g/mol. The third-order valence-electron chi connectivity index (χ3n) is 3.20. The first-order valence-electron chi connectivity index (χ1n) is 7.02. The van der Waals surface area contributed by atoms with Crippen molar-refractivity contribution in [2.24, 2.45) is 5.73 Å². The highest BCUT2D eigenvalue weighted by Crippen LogP contribution is 2.14. The highest BCUT2D eigenvalue weighted by atomic mass is 16.6. The predicted octanol–water partition coefficient (Wildman–Crippen LogP) is 1.98. The van der Waals surface area contributed by atoms with Gasteiger partial charge < -0.3 is 5.73 Å². The molecule has 0 atom stereocenters. The lowest BCUT2D eigenvalue weighted by Crippen LogP contribution is -1.98. The second-order valence-electron chi connectivity index (χ2n) is 4.90. The number of hydrogen-bond donors (Lipinski definition) is 2. The van der Waals surface area contributed by atoms with E-state index in [2.05, 4.69) is 15.2 Å². The maximum atomic E-state index is 10.6. The van der Waals surface area contributed by atoms with E-state index in [1.807, 2.05) is 0 Å². The van der Waals surface area contributed by atoms with Gasteiger partial charge in [0.2, 0.25) is 0 Å². The normalized spacial score (nSPS) is 10.7. The minimum atomic E-state index is -0.405. The minimum Gasteiger partial charge on any atom is -0.330 e. The molecule has 0 unspecified atom stereocenters. The Morgan fingerprint density at radius 3 is 2.62 bits per heavy atom. The fourth-order valence-corrected chi connectivity index (χ4v) is 2.06. The van der Waals surface area contributed by atoms with Gasteiger partial charge in [0.05, 0.1) is 4.92 Å². The number of benzene rings is 1. The minimum absolute atomic E-state index is 0.0944. The van der Waals surface area contributed by atoms with Crippen LogP contribution in [0.25, 0.3) is 0 Å². The van der Waals surface area contributed by atoms with Crippen molar-refractivity contribution >= 4 is 5.69 Å². The van der Waals surface area contributed by atoms with Crippen LogP contribution in [0.2, 0.25) is 0 Å². The Labute approximate surface area is 122 Å². The number of hydrogen-bond acceptors (Lipinski definition) is 5. The summed E-state index contributed by atoms with van der Waals surface area (Å²) >= 11 is 0. The molecule has 0 aliphatic heterocycles. The molecule has 0 aliphatic rings. The number of aromatic nitrogens is 3. The summed E-state index contributed by atoms with van der Waals surface area (Å²) in [7, 11) is 0. The van der Waals surface area contributed by atoms with Crippen molar-refractivity contribution in [1.82, 2.24) is 15.2 Å². The number of nitrogens with one attached hydrogen (secondary N) is 1. The second kappa shape index (κ2) is 7.49. The average molecular weight is 289 g/mol. The first kappa shape index (κ1) is 15.1. The fraction of sp³-hybridized carbons (Fsp3) is 0.429. The zero-order valence-electron chi connectivity index (χ0n) is 11.8. The van der Waals surface area contributed by atoms with Gasteiger partial charge in [-0.3, -0.25) is 15.2 Å². The molecular weight excluding hydrogens is 270 g/mol. The molecule has 2 rings (SSSR count). The standard InChI is InChI=1S/C14H19N5O2/c15-9-3-1-2-4-13-16-14(18-17-13)10-11-5-7-12(8-6-11)19(20)21/h5-8H,1-4,9-10,15H2,(H,16,17,18). The van der Waals surface area contributed by atoms with Gasteiger partial charge in [0.1, 0.15) is 5.82 Å². The number of non-ortho nitro benzene ring substituents is 1. The number of H-pyrrole nitrogens is 1. The number of nitrogens with two attached hydrogens (primary N) is 1. The molecule has 0 radical (unpaired) electrons. The van der Waals surface area contributed by atoms with Crippen molar-refractivity contribution in [3.8, 4) is 0 Å². The van der Waals surface area contributed by atoms with E-state index in [0.717, 1.165) is 49.4 Å². The Morgan fingerprint density at radius 1 is 1.19 bits per heavy atom. The van der Waals surface area contributed by atoms with E-state index < -0.39 is 4.92 Å². The highest BCUT2D eigenvalue weighted by Gasteiger charge is 2.07. The molecule has 7 heteroatoms. The van der Waals surface area contributed by atoms with Crippen molar-refractivity contribution in [3.05, 3.63) is 51.6 Å². The molecule has 0 aliphatic carbocycles. The summed E-state index contributed by atoms with van der Waals surface area (Å²) in [5.74, 6) is 1.58. The van der Waals surface area contributed by atoms with Crippen LogP contribution in [0.15, 0.2) is 24.3 Å². The Hall–Kier alpha value is -2.28. The van der Waals surface area contributed by atoms with Crippen LogP contribution < -0.4 is 5.73 Å². The van der Waals surface area contributed by atoms with Crippen molar-refractivity contribution in [1.29, 1.82) is 0 Å². The van der Waals surface area contributed by atoms with Crippen molar-refractivity contribution in [2.45, 2.75) is 32.1 Å². The topological polar surface area (TPSA) is 111 Å². The maximum Gasteiger partial charge on any atom is 0.269 e. The van der Waals surface area contributed by atoms with Crippen LogP contribution in [0.5, 0.6) is 0 Å². The summed E-state index contributed by atoms with van der Waals surface area (Å²) in [5.41, 5.74) is 6.51. The number of unbranched alkanes of at least 4 members (excludes halogenated alkanes) is 2. The smallest absolute Gasteiger partial charge is 0.269 e. The summed E-state index contributed by atoms with van der Waals surface area (Å²) in [6.45, 7) is 0.722. The Bertz CT molecular complexity index is 579. The second-order valence-corrected chi connectivity index (χ2v) is 4.90. The summed E-state index contributed by atoms with van der Waals surface area (Å²) in [4.78, 5) is 14.6. The van der Waals surface area contributed by atoms with Crippen LogP contribution >= 0.6 is 0 Å². The molecule has 0 saturated heterocycles. The summed E-state index contributed by atoms with van der Waals surface area (Å²) in [5, 5.41) is 17.7. The molecule has 1 aromatic carbocycles. The number of aromatic amines is 1. The largest absolute Gasteiger partial charge is 0.330 e. The summed E-state index contributed by atoms with van der Waals surface area (Å²) in [6.07, 6.45) is 4.58. The van der Waals surface area contributed by atoms with Crippen molar-refractivity contribution in [3.63, 3.8) is 0 Å². The number of nitro groups is 1. The van der Waals surface area contributed by atoms with Gasteiger partial charge >= 0.3 is 0 Å². The summed E-state index contributed by atoms with van der Waals surface area (Å²) < 4.78 is 0. The Kier molecular flexibility index (Phi) is 5.39. The molecule has 0 spiro atoms. The lowest BCUT2D eigenvalue weighted by molar-refractivity contribution is -0.384. The third kappa shape index (κ3) is 4.64. The zero-order valence-corrected chi connectivity index (χ0v) is 11.8.